The molecular weight excluding hydrogens is 294 g/mol. The summed E-state index contributed by atoms with van der Waals surface area (Å²) in [6.07, 6.45) is 12.7. The van der Waals surface area contributed by atoms with Gasteiger partial charge in [-0.2, -0.15) is 16.7 Å². The van der Waals surface area contributed by atoms with Gasteiger partial charge in [-0.05, 0) is 38.0 Å². The lowest BCUT2D eigenvalue weighted by Crippen LogP contribution is -2.19. The van der Waals surface area contributed by atoms with Crippen molar-refractivity contribution in [2.24, 2.45) is 0 Å². The van der Waals surface area contributed by atoms with Crippen LogP contribution in [-0.2, 0) is 0 Å². The number of fused-ring (bicyclic) bond motifs is 3. The molecule has 1 aliphatic rings. The summed E-state index contributed by atoms with van der Waals surface area (Å²) in [5.41, 5.74) is 7.92. The predicted octanol–water partition coefficient (Wildman–Crippen LogP) is 3.41. The predicted molar refractivity (Wildman–Crippen MR) is 92.0 cm³/mol. The molecule has 3 aromatic rings. The summed E-state index contributed by atoms with van der Waals surface area (Å²) in [5, 5.41) is 3.03. The van der Waals surface area contributed by atoms with Crippen LogP contribution in [0.5, 0.6) is 0 Å². The Bertz CT molecular complexity index is 820. The number of anilines is 1. The molecule has 3 aromatic heterocycles. The topological polar surface area (TPSA) is 69.6 Å². The molecular formula is C16H19N5S. The van der Waals surface area contributed by atoms with E-state index in [1.54, 1.807) is 0 Å². The summed E-state index contributed by atoms with van der Waals surface area (Å²) in [6.45, 7) is 0. The van der Waals surface area contributed by atoms with Crippen LogP contribution < -0.4 is 5.73 Å². The number of pyridine rings is 1. The summed E-state index contributed by atoms with van der Waals surface area (Å²) >= 11 is 1.99. The van der Waals surface area contributed by atoms with Crippen LogP contribution in [-0.4, -0.2) is 31.0 Å². The maximum Gasteiger partial charge on any atom is 0.221 e. The molecule has 0 spiro atoms. The number of hydrogen-bond donors (Lipinski definition) is 1. The van der Waals surface area contributed by atoms with Crippen molar-refractivity contribution in [1.82, 2.24) is 19.5 Å². The zero-order chi connectivity index (χ0) is 15.1. The van der Waals surface area contributed by atoms with Crippen LogP contribution in [0.4, 0.5) is 5.95 Å². The molecule has 2 N–H and O–H groups in total. The molecule has 1 fully saturated rings. The molecule has 0 unspecified atom stereocenters. The van der Waals surface area contributed by atoms with Crippen molar-refractivity contribution < 1.29 is 0 Å². The highest BCUT2D eigenvalue weighted by molar-refractivity contribution is 7.99. The van der Waals surface area contributed by atoms with E-state index in [0.717, 1.165) is 27.2 Å². The molecule has 0 aromatic carbocycles. The summed E-state index contributed by atoms with van der Waals surface area (Å²) in [4.78, 5) is 13.0. The number of hydrogen-bond acceptors (Lipinski definition) is 5. The molecule has 6 heteroatoms. The van der Waals surface area contributed by atoms with Gasteiger partial charge in [0.1, 0.15) is 5.65 Å². The first kappa shape index (κ1) is 13.8. The highest BCUT2D eigenvalue weighted by Gasteiger charge is 2.25. The molecule has 5 nitrogen and oxygen atoms in total. The maximum absolute atomic E-state index is 5.83. The van der Waals surface area contributed by atoms with Gasteiger partial charge in [0.05, 0.1) is 11.7 Å². The Balaban J connectivity index is 1.89. The third-order valence-electron chi connectivity index (χ3n) is 4.71. The second-order valence-corrected chi connectivity index (χ2v) is 7.03. The fraction of sp³-hybridized carbons (Fsp3) is 0.438. The van der Waals surface area contributed by atoms with Crippen molar-refractivity contribution in [1.29, 1.82) is 0 Å². The number of aromatic nitrogens is 4. The van der Waals surface area contributed by atoms with Crippen LogP contribution in [0, 0.1) is 0 Å². The van der Waals surface area contributed by atoms with Crippen LogP contribution in [0.25, 0.3) is 21.9 Å². The maximum atomic E-state index is 5.83. The Labute approximate surface area is 133 Å². The van der Waals surface area contributed by atoms with Crippen molar-refractivity contribution in [2.45, 2.75) is 37.0 Å². The minimum absolute atomic E-state index is 0.335. The zero-order valence-corrected chi connectivity index (χ0v) is 13.4. The Hall–Kier alpha value is -1.82. The van der Waals surface area contributed by atoms with E-state index >= 15 is 0 Å². The largest absolute Gasteiger partial charge is 0.368 e. The molecule has 4 rings (SSSR count). The quantitative estimate of drug-likeness (QED) is 0.785. The first-order valence-electron chi connectivity index (χ1n) is 7.67. The van der Waals surface area contributed by atoms with E-state index in [1.807, 2.05) is 36.4 Å². The van der Waals surface area contributed by atoms with Gasteiger partial charge in [-0.3, -0.25) is 4.98 Å². The SMILES string of the molecule is CS[C@H]1CC[C@H](n2c3cnccc3c3cnc(N)nc32)CC1. The Morgan fingerprint density at radius 1 is 1.18 bits per heavy atom. The van der Waals surface area contributed by atoms with Crippen LogP contribution in [0.15, 0.2) is 24.7 Å². The van der Waals surface area contributed by atoms with Crippen LogP contribution in [0.3, 0.4) is 0 Å². The van der Waals surface area contributed by atoms with Gasteiger partial charge in [-0.1, -0.05) is 0 Å². The fourth-order valence-corrected chi connectivity index (χ4v) is 4.33. The molecule has 0 saturated heterocycles. The summed E-state index contributed by atoms with van der Waals surface area (Å²) in [6, 6.07) is 2.52. The van der Waals surface area contributed by atoms with Gasteiger partial charge in [-0.15, -0.1) is 0 Å². The van der Waals surface area contributed by atoms with Crippen LogP contribution in [0.2, 0.25) is 0 Å². The van der Waals surface area contributed by atoms with Crippen molar-refractivity contribution in [3.63, 3.8) is 0 Å². The molecule has 114 valence electrons. The van der Waals surface area contributed by atoms with Gasteiger partial charge in [0.25, 0.3) is 0 Å². The van der Waals surface area contributed by atoms with Crippen molar-refractivity contribution in [3.05, 3.63) is 24.7 Å². The number of nitrogen functional groups attached to an aromatic ring is 1. The molecule has 22 heavy (non-hydrogen) atoms. The van der Waals surface area contributed by atoms with Gasteiger partial charge < -0.3 is 10.3 Å². The molecule has 0 atom stereocenters. The summed E-state index contributed by atoms with van der Waals surface area (Å²) in [5.74, 6) is 0.335. The van der Waals surface area contributed by atoms with Gasteiger partial charge in [0.2, 0.25) is 5.95 Å². The molecule has 0 aliphatic heterocycles. The zero-order valence-electron chi connectivity index (χ0n) is 12.6. The number of nitrogens with zero attached hydrogens (tertiary/aromatic N) is 4. The number of thioether (sulfide) groups is 1. The lowest BCUT2D eigenvalue weighted by atomic mass is 9.94. The van der Waals surface area contributed by atoms with E-state index in [2.05, 4.69) is 25.8 Å². The third-order valence-corrected chi connectivity index (χ3v) is 5.85. The monoisotopic (exact) mass is 313 g/mol. The van der Waals surface area contributed by atoms with Gasteiger partial charge in [-0.25, -0.2) is 4.98 Å². The van der Waals surface area contributed by atoms with E-state index in [4.69, 9.17) is 5.73 Å². The standard InChI is InChI=1S/C16H19N5S/c1-22-11-4-2-10(3-5-11)21-14-9-18-7-6-12(14)13-8-19-16(17)20-15(13)21/h6-11H,2-5H2,1H3,(H2,17,19,20)/t10-,11-. The second-order valence-electron chi connectivity index (χ2n) is 5.89. The molecule has 0 radical (unpaired) electrons. The molecule has 1 saturated carbocycles. The average molecular weight is 313 g/mol. The van der Waals surface area contributed by atoms with E-state index in [1.165, 1.54) is 25.7 Å². The van der Waals surface area contributed by atoms with Crippen molar-refractivity contribution in [2.75, 3.05) is 12.0 Å². The van der Waals surface area contributed by atoms with Crippen LogP contribution >= 0.6 is 11.8 Å². The first-order chi connectivity index (χ1) is 10.8. The van der Waals surface area contributed by atoms with E-state index in [0.29, 0.717) is 12.0 Å². The van der Waals surface area contributed by atoms with Gasteiger partial charge in [0, 0.05) is 34.5 Å². The van der Waals surface area contributed by atoms with Crippen molar-refractivity contribution >= 4 is 39.6 Å². The lowest BCUT2D eigenvalue weighted by Gasteiger charge is -2.29. The van der Waals surface area contributed by atoms with E-state index in [9.17, 15) is 0 Å². The highest BCUT2D eigenvalue weighted by atomic mass is 32.2. The normalized spacial score (nSPS) is 22.4. The van der Waals surface area contributed by atoms with Crippen LogP contribution in [0.1, 0.15) is 31.7 Å². The third kappa shape index (κ3) is 2.13. The number of nitrogens with two attached hydrogens (primary N) is 1. The second kappa shape index (κ2) is 5.43. The molecule has 0 bridgehead atoms. The minimum Gasteiger partial charge on any atom is -0.368 e. The molecule has 0 amide bonds. The van der Waals surface area contributed by atoms with E-state index in [-0.39, 0.29) is 0 Å². The van der Waals surface area contributed by atoms with Crippen molar-refractivity contribution in [3.8, 4) is 0 Å². The number of rotatable bonds is 2. The Kier molecular flexibility index (Phi) is 3.41. The summed E-state index contributed by atoms with van der Waals surface area (Å²) < 4.78 is 2.34. The summed E-state index contributed by atoms with van der Waals surface area (Å²) in [7, 11) is 0. The smallest absolute Gasteiger partial charge is 0.221 e. The first-order valence-corrected chi connectivity index (χ1v) is 8.95. The molecule has 1 aliphatic carbocycles. The lowest BCUT2D eigenvalue weighted by molar-refractivity contribution is 0.373. The van der Waals surface area contributed by atoms with Gasteiger partial charge in [0.15, 0.2) is 0 Å². The highest BCUT2D eigenvalue weighted by Crippen LogP contribution is 2.38. The fourth-order valence-electron chi connectivity index (χ4n) is 3.59. The minimum atomic E-state index is 0.335. The Morgan fingerprint density at radius 2 is 2.00 bits per heavy atom. The van der Waals surface area contributed by atoms with Gasteiger partial charge >= 0.3 is 0 Å². The van der Waals surface area contributed by atoms with E-state index < -0.39 is 0 Å². The average Bonchev–Trinajstić information content (AvgIpc) is 2.88. The Morgan fingerprint density at radius 3 is 2.77 bits per heavy atom. The molecule has 3 heterocycles.